The number of nitrogens with zero attached hydrogens (tertiary/aromatic N) is 3. The molecule has 0 bridgehead atoms. The van der Waals surface area contributed by atoms with Gasteiger partial charge in [-0.3, -0.25) is 9.59 Å². The van der Waals surface area contributed by atoms with Crippen molar-refractivity contribution in [3.8, 4) is 11.5 Å². The number of piperidine rings is 1. The third-order valence-electron chi connectivity index (χ3n) is 7.55. The van der Waals surface area contributed by atoms with Crippen LogP contribution in [0.4, 0.5) is 4.79 Å². The number of urea groups is 1. The van der Waals surface area contributed by atoms with Gasteiger partial charge in [0.2, 0.25) is 11.8 Å². The van der Waals surface area contributed by atoms with Crippen LogP contribution in [0.2, 0.25) is 0 Å². The molecule has 0 radical (unpaired) electrons. The average Bonchev–Trinajstić information content (AvgIpc) is 2.91. The molecule has 10 nitrogen and oxygen atoms in total. The summed E-state index contributed by atoms with van der Waals surface area (Å²) in [6, 6.07) is 4.64. The summed E-state index contributed by atoms with van der Waals surface area (Å²) in [4.78, 5) is 40.6. The Morgan fingerprint density at radius 2 is 1.67 bits per heavy atom. The highest BCUT2D eigenvalue weighted by Gasteiger charge is 2.43. The minimum Gasteiger partial charge on any atom is -0.493 e. The molecule has 10 heteroatoms. The van der Waals surface area contributed by atoms with Gasteiger partial charge in [-0.05, 0) is 71.6 Å². The van der Waals surface area contributed by atoms with E-state index >= 15 is 0 Å². The number of amides is 4. The van der Waals surface area contributed by atoms with Crippen molar-refractivity contribution in [1.29, 1.82) is 0 Å². The van der Waals surface area contributed by atoms with Crippen LogP contribution in [0, 0.1) is 11.8 Å². The first-order valence-corrected chi connectivity index (χ1v) is 13.7. The first-order valence-electron chi connectivity index (χ1n) is 13.7. The van der Waals surface area contributed by atoms with Crippen molar-refractivity contribution < 1.29 is 23.9 Å². The number of nitrogens with one attached hydrogen (secondary N) is 2. The van der Waals surface area contributed by atoms with Gasteiger partial charge in [0.15, 0.2) is 11.5 Å². The van der Waals surface area contributed by atoms with Crippen LogP contribution in [-0.2, 0) is 9.59 Å². The van der Waals surface area contributed by atoms with Gasteiger partial charge in [0.05, 0.1) is 31.9 Å². The zero-order valence-corrected chi connectivity index (χ0v) is 23.8. The monoisotopic (exact) mass is 539 g/mol. The predicted molar refractivity (Wildman–Crippen MR) is 149 cm³/mol. The van der Waals surface area contributed by atoms with Crippen LogP contribution in [0.25, 0.3) is 0 Å². The summed E-state index contributed by atoms with van der Waals surface area (Å²) in [6.45, 7) is 8.34. The summed E-state index contributed by atoms with van der Waals surface area (Å²) in [5.74, 6) is 1.02. The van der Waals surface area contributed by atoms with E-state index in [0.29, 0.717) is 43.9 Å². The highest BCUT2D eigenvalue weighted by atomic mass is 16.5. The van der Waals surface area contributed by atoms with Gasteiger partial charge in [0.1, 0.15) is 6.04 Å². The number of carbonyl (C=O) groups is 3. The Labute approximate surface area is 230 Å². The Morgan fingerprint density at radius 3 is 2.28 bits per heavy atom. The van der Waals surface area contributed by atoms with Crippen molar-refractivity contribution >= 4 is 23.6 Å². The van der Waals surface area contributed by atoms with E-state index in [-0.39, 0.29) is 35.7 Å². The molecule has 2 N–H and O–H groups in total. The van der Waals surface area contributed by atoms with Gasteiger partial charge in [-0.15, -0.1) is 0 Å². The molecule has 0 saturated carbocycles. The van der Waals surface area contributed by atoms with Gasteiger partial charge in [0.25, 0.3) is 0 Å². The minimum atomic E-state index is -0.648. The number of hydrogen-bond donors (Lipinski definition) is 2. The van der Waals surface area contributed by atoms with Crippen LogP contribution in [0.3, 0.4) is 0 Å². The normalized spacial score (nSPS) is 22.5. The number of hydrazone groups is 1. The molecular formula is C29H41N5O5. The van der Waals surface area contributed by atoms with Crippen LogP contribution in [0.5, 0.6) is 11.5 Å². The number of carbonyl (C=O) groups excluding carboxylic acids is 3. The molecule has 1 aromatic rings. The van der Waals surface area contributed by atoms with Crippen LogP contribution in [0.15, 0.2) is 35.5 Å². The van der Waals surface area contributed by atoms with E-state index in [2.05, 4.69) is 22.8 Å². The lowest BCUT2D eigenvalue weighted by Crippen LogP contribution is -2.56. The summed E-state index contributed by atoms with van der Waals surface area (Å²) < 4.78 is 10.9. The molecule has 4 amide bonds. The van der Waals surface area contributed by atoms with E-state index < -0.39 is 11.6 Å². The second kappa shape index (κ2) is 11.7. The minimum absolute atomic E-state index is 0.00434. The zero-order valence-electron chi connectivity index (χ0n) is 23.8. The number of methoxy groups -OCH3 is 2. The number of likely N-dealkylation sites (tertiary alicyclic amines) is 1. The molecule has 1 aliphatic carbocycles. The zero-order chi connectivity index (χ0) is 28.3. The van der Waals surface area contributed by atoms with E-state index in [1.807, 2.05) is 39.0 Å². The fraction of sp³-hybridized carbons (Fsp3) is 0.586. The van der Waals surface area contributed by atoms with Crippen LogP contribution >= 0.6 is 0 Å². The first-order chi connectivity index (χ1) is 18.5. The van der Waals surface area contributed by atoms with Gasteiger partial charge in [-0.25, -0.2) is 9.80 Å². The fourth-order valence-corrected chi connectivity index (χ4v) is 5.57. The van der Waals surface area contributed by atoms with Gasteiger partial charge in [0, 0.05) is 30.1 Å². The van der Waals surface area contributed by atoms with Gasteiger partial charge in [-0.1, -0.05) is 12.2 Å². The van der Waals surface area contributed by atoms with Gasteiger partial charge in [-0.2, -0.15) is 5.10 Å². The lowest BCUT2D eigenvalue weighted by Gasteiger charge is -2.43. The van der Waals surface area contributed by atoms with Crippen LogP contribution in [0.1, 0.15) is 58.9 Å². The summed E-state index contributed by atoms with van der Waals surface area (Å²) in [6.07, 6.45) is 6.89. The van der Waals surface area contributed by atoms with E-state index in [4.69, 9.17) is 14.6 Å². The highest BCUT2D eigenvalue weighted by Crippen LogP contribution is 2.38. The molecule has 2 heterocycles. The third-order valence-corrected chi connectivity index (χ3v) is 7.55. The number of rotatable bonds is 6. The summed E-state index contributed by atoms with van der Waals surface area (Å²) in [5, 5.41) is 12.2. The van der Waals surface area contributed by atoms with Crippen LogP contribution in [-0.4, -0.2) is 78.4 Å². The largest absolute Gasteiger partial charge is 0.493 e. The van der Waals surface area contributed by atoms with Crippen LogP contribution < -0.4 is 20.1 Å². The number of hydrogen-bond acceptors (Lipinski definition) is 6. The van der Waals surface area contributed by atoms with Crippen molar-refractivity contribution in [1.82, 2.24) is 20.5 Å². The van der Waals surface area contributed by atoms with E-state index in [1.54, 1.807) is 31.1 Å². The van der Waals surface area contributed by atoms with E-state index in [0.717, 1.165) is 17.7 Å². The van der Waals surface area contributed by atoms with Gasteiger partial charge < -0.3 is 25.0 Å². The molecule has 39 heavy (non-hydrogen) atoms. The van der Waals surface area contributed by atoms with Crippen molar-refractivity contribution in [2.75, 3.05) is 27.3 Å². The summed E-state index contributed by atoms with van der Waals surface area (Å²) in [5.41, 5.74) is 1.40. The van der Waals surface area contributed by atoms with Crippen molar-refractivity contribution in [3.05, 3.63) is 35.9 Å². The van der Waals surface area contributed by atoms with E-state index in [1.165, 1.54) is 0 Å². The Morgan fingerprint density at radius 1 is 1.03 bits per heavy atom. The molecule has 3 aliphatic rings. The standard InChI is InChI=1S/C29H41N5O5/c1-18(30-28(37)31-29(2,3)4)26(35)33-15-13-20(14-16-33)34-27(36)22-10-8-7-9-21(22)25(32-34)19-11-12-23(38-5)24(17-19)39-6/h7-8,11-12,17-18,20-22H,9-10,13-16H2,1-6H3,(H2,30,31,37)/t18-,21-,22+/m0/s1. The Balaban J connectivity index is 1.48. The fourth-order valence-electron chi connectivity index (χ4n) is 5.57. The number of fused-ring (bicyclic) bond motifs is 1. The van der Waals surface area contributed by atoms with E-state index in [9.17, 15) is 14.4 Å². The lowest BCUT2D eigenvalue weighted by molar-refractivity contribution is -0.142. The Hall–Kier alpha value is -3.56. The quantitative estimate of drug-likeness (QED) is 0.539. The molecule has 1 saturated heterocycles. The maximum Gasteiger partial charge on any atom is 0.315 e. The summed E-state index contributed by atoms with van der Waals surface area (Å²) >= 11 is 0. The number of benzene rings is 1. The third kappa shape index (κ3) is 6.37. The Bertz CT molecular complexity index is 1150. The molecule has 0 spiro atoms. The van der Waals surface area contributed by atoms with Crippen molar-refractivity contribution in [2.45, 2.75) is 71.0 Å². The predicted octanol–water partition coefficient (Wildman–Crippen LogP) is 3.31. The lowest BCUT2D eigenvalue weighted by atomic mass is 9.76. The average molecular weight is 540 g/mol. The summed E-state index contributed by atoms with van der Waals surface area (Å²) in [7, 11) is 3.21. The molecule has 0 aromatic heterocycles. The molecule has 212 valence electrons. The SMILES string of the molecule is COc1ccc(C2=NN(C3CCN(C(=O)[C@H](C)NC(=O)NC(C)(C)C)CC3)C(=O)[C@@H]3CC=CC[C@H]23)cc1OC. The maximum absolute atomic E-state index is 13.6. The molecule has 4 rings (SSSR count). The molecule has 0 unspecified atom stereocenters. The highest BCUT2D eigenvalue weighted by molar-refractivity contribution is 6.07. The molecule has 3 atom stereocenters. The topological polar surface area (TPSA) is 113 Å². The number of allylic oxidation sites excluding steroid dienone is 2. The Kier molecular flexibility index (Phi) is 8.51. The molecule has 2 aliphatic heterocycles. The molecular weight excluding hydrogens is 498 g/mol. The molecule has 1 fully saturated rings. The maximum atomic E-state index is 13.6. The smallest absolute Gasteiger partial charge is 0.315 e. The van der Waals surface area contributed by atoms with Crippen molar-refractivity contribution in [2.24, 2.45) is 16.9 Å². The van der Waals surface area contributed by atoms with Gasteiger partial charge >= 0.3 is 6.03 Å². The van der Waals surface area contributed by atoms with Crippen molar-refractivity contribution in [3.63, 3.8) is 0 Å². The first kappa shape index (κ1) is 28.4. The number of ether oxygens (including phenoxy) is 2. The second-order valence-electron chi connectivity index (χ2n) is 11.5. The molecule has 1 aromatic carbocycles. The second-order valence-corrected chi connectivity index (χ2v) is 11.5.